The quantitative estimate of drug-likeness (QED) is 0.725. The van der Waals surface area contributed by atoms with E-state index in [1.165, 1.54) is 19.2 Å². The second kappa shape index (κ2) is 4.63. The lowest BCUT2D eigenvalue weighted by Gasteiger charge is -2.16. The summed E-state index contributed by atoms with van der Waals surface area (Å²) in [6.45, 7) is -0.449. The molecule has 2 N–H and O–H groups in total. The second-order valence-corrected chi connectivity index (χ2v) is 6.11. The number of phenolic OH excluding ortho intramolecular Hbond substituents is 1. The van der Waals surface area contributed by atoms with Crippen LogP contribution in [0.25, 0.3) is 11.0 Å². The fourth-order valence-electron chi connectivity index (χ4n) is 2.13. The van der Waals surface area contributed by atoms with Crippen molar-refractivity contribution in [3.8, 4) is 11.5 Å². The van der Waals surface area contributed by atoms with Gasteiger partial charge in [0.2, 0.25) is 5.75 Å². The summed E-state index contributed by atoms with van der Waals surface area (Å²) in [6.07, 6.45) is 0. The van der Waals surface area contributed by atoms with E-state index >= 15 is 0 Å². The molecule has 3 rings (SSSR count). The molecule has 1 aliphatic rings. The van der Waals surface area contributed by atoms with E-state index in [1.54, 1.807) is 4.72 Å². The van der Waals surface area contributed by atoms with Crippen LogP contribution in [0.2, 0.25) is 0 Å². The third-order valence-electron chi connectivity index (χ3n) is 3.11. The highest BCUT2D eigenvalue weighted by atomic mass is 32.2. The Morgan fingerprint density at radius 2 is 2.05 bits per heavy atom. The predicted octanol–water partition coefficient (Wildman–Crippen LogP) is -0.312. The van der Waals surface area contributed by atoms with Crippen LogP contribution in [0, 0.1) is 0 Å². The minimum Gasteiger partial charge on any atom is -0.506 e. The van der Waals surface area contributed by atoms with Crippen molar-refractivity contribution in [2.24, 2.45) is 0 Å². The number of benzene rings is 1. The van der Waals surface area contributed by atoms with E-state index < -0.39 is 34.0 Å². The Balaban J connectivity index is 2.23. The number of hydrogen-bond donors (Lipinski definition) is 2. The van der Waals surface area contributed by atoms with Gasteiger partial charge in [0, 0.05) is 11.5 Å². The highest BCUT2D eigenvalue weighted by Crippen LogP contribution is 2.35. The SMILES string of the molecule is COc1cc2cc(N3CC(=O)NS3(=O)=O)c(O)cc2oc1=O. The molecule has 0 aliphatic carbocycles. The number of rotatable bonds is 2. The molecule has 0 spiro atoms. The van der Waals surface area contributed by atoms with Crippen LogP contribution in [0.4, 0.5) is 5.69 Å². The summed E-state index contributed by atoms with van der Waals surface area (Å²) < 4.78 is 36.0. The van der Waals surface area contributed by atoms with Crippen molar-refractivity contribution in [3.63, 3.8) is 0 Å². The van der Waals surface area contributed by atoms with Crippen LogP contribution < -0.4 is 19.4 Å². The molecular weight excluding hydrogens is 316 g/mol. The monoisotopic (exact) mass is 326 g/mol. The zero-order valence-corrected chi connectivity index (χ0v) is 12.0. The number of aromatic hydroxyl groups is 1. The lowest BCUT2D eigenvalue weighted by molar-refractivity contribution is -0.117. The van der Waals surface area contributed by atoms with Gasteiger partial charge < -0.3 is 14.3 Å². The number of carbonyl (C=O) groups excluding carboxylic acids is 1. The van der Waals surface area contributed by atoms with Crippen molar-refractivity contribution < 1.29 is 27.5 Å². The molecule has 0 bridgehead atoms. The fraction of sp³-hybridized carbons (Fsp3) is 0.167. The van der Waals surface area contributed by atoms with Gasteiger partial charge in [-0.2, -0.15) is 8.42 Å². The Morgan fingerprint density at radius 3 is 2.64 bits per heavy atom. The Kier molecular flexibility index (Phi) is 2.99. The molecule has 1 fully saturated rings. The highest BCUT2D eigenvalue weighted by molar-refractivity contribution is 7.92. The van der Waals surface area contributed by atoms with Gasteiger partial charge in [0.25, 0.3) is 5.91 Å². The van der Waals surface area contributed by atoms with Gasteiger partial charge in [-0.1, -0.05) is 0 Å². The standard InChI is InChI=1S/C12H10N2O7S/c1-20-10-3-6-2-7(8(15)4-9(6)21-12(10)17)14-5-11(16)13-22(14,18)19/h2-4,15H,5H2,1H3,(H,13,16). The van der Waals surface area contributed by atoms with Crippen molar-refractivity contribution in [1.29, 1.82) is 0 Å². The van der Waals surface area contributed by atoms with E-state index in [0.29, 0.717) is 5.39 Å². The van der Waals surface area contributed by atoms with Crippen molar-refractivity contribution in [3.05, 3.63) is 28.6 Å². The van der Waals surface area contributed by atoms with E-state index in [4.69, 9.17) is 9.15 Å². The molecule has 9 nitrogen and oxygen atoms in total. The molecule has 2 heterocycles. The number of nitrogens with zero attached hydrogens (tertiary/aromatic N) is 1. The van der Waals surface area contributed by atoms with Crippen molar-refractivity contribution in [2.75, 3.05) is 18.0 Å². The first-order valence-corrected chi connectivity index (χ1v) is 7.44. The Labute approximate surface area is 123 Å². The van der Waals surface area contributed by atoms with Crippen LogP contribution in [-0.4, -0.2) is 33.1 Å². The summed E-state index contributed by atoms with van der Waals surface area (Å²) >= 11 is 0. The van der Waals surface area contributed by atoms with Crippen LogP contribution in [0.15, 0.2) is 27.4 Å². The number of methoxy groups -OCH3 is 1. The summed E-state index contributed by atoms with van der Waals surface area (Å²) in [4.78, 5) is 22.8. The van der Waals surface area contributed by atoms with E-state index in [2.05, 4.69) is 0 Å². The minimum atomic E-state index is -4.05. The number of nitrogens with one attached hydrogen (secondary N) is 1. The van der Waals surface area contributed by atoms with Crippen LogP contribution in [0.3, 0.4) is 0 Å². The smallest absolute Gasteiger partial charge is 0.379 e. The van der Waals surface area contributed by atoms with Gasteiger partial charge in [-0.15, -0.1) is 0 Å². The Morgan fingerprint density at radius 1 is 1.32 bits per heavy atom. The maximum atomic E-state index is 11.8. The third-order valence-corrected chi connectivity index (χ3v) is 4.50. The summed E-state index contributed by atoms with van der Waals surface area (Å²) in [5, 5.41) is 10.3. The van der Waals surface area contributed by atoms with Gasteiger partial charge in [-0.25, -0.2) is 13.8 Å². The number of phenols is 1. The van der Waals surface area contributed by atoms with Gasteiger partial charge in [-0.3, -0.25) is 4.79 Å². The summed E-state index contributed by atoms with van der Waals surface area (Å²) in [5.41, 5.74) is -0.780. The molecular formula is C12H10N2O7S. The van der Waals surface area contributed by atoms with E-state index in [-0.39, 0.29) is 17.0 Å². The Bertz CT molecular complexity index is 948. The average molecular weight is 326 g/mol. The molecule has 0 saturated carbocycles. The molecule has 0 atom stereocenters. The van der Waals surface area contributed by atoms with Gasteiger partial charge in [-0.05, 0) is 12.1 Å². The number of fused-ring (bicyclic) bond motifs is 1. The topological polar surface area (TPSA) is 126 Å². The molecule has 22 heavy (non-hydrogen) atoms. The molecule has 1 aliphatic heterocycles. The maximum Gasteiger partial charge on any atom is 0.379 e. The molecule has 1 aromatic heterocycles. The van der Waals surface area contributed by atoms with E-state index in [9.17, 15) is 23.1 Å². The van der Waals surface area contributed by atoms with Crippen LogP contribution in [0.1, 0.15) is 0 Å². The fourth-order valence-corrected chi connectivity index (χ4v) is 3.28. The van der Waals surface area contributed by atoms with Gasteiger partial charge in [0.1, 0.15) is 17.9 Å². The molecule has 2 aromatic rings. The third kappa shape index (κ3) is 2.13. The average Bonchev–Trinajstić information content (AvgIpc) is 2.70. The molecule has 0 radical (unpaired) electrons. The zero-order valence-electron chi connectivity index (χ0n) is 11.2. The summed E-state index contributed by atoms with van der Waals surface area (Å²) in [5.74, 6) is -1.22. The van der Waals surface area contributed by atoms with E-state index in [1.807, 2.05) is 0 Å². The number of ether oxygens (including phenoxy) is 1. The lowest BCUT2D eigenvalue weighted by Crippen LogP contribution is -2.29. The van der Waals surface area contributed by atoms with Crippen molar-refractivity contribution >= 4 is 32.8 Å². The molecule has 116 valence electrons. The molecule has 1 aromatic carbocycles. The van der Waals surface area contributed by atoms with Crippen LogP contribution in [0.5, 0.6) is 11.5 Å². The lowest BCUT2D eigenvalue weighted by atomic mass is 10.2. The predicted molar refractivity (Wildman–Crippen MR) is 75.1 cm³/mol. The number of amides is 1. The first-order chi connectivity index (χ1) is 10.3. The summed E-state index contributed by atoms with van der Waals surface area (Å²) in [6, 6.07) is 3.74. The molecule has 10 heteroatoms. The highest BCUT2D eigenvalue weighted by Gasteiger charge is 2.35. The van der Waals surface area contributed by atoms with Crippen LogP contribution in [-0.2, 0) is 15.0 Å². The first kappa shape index (κ1) is 14.2. The van der Waals surface area contributed by atoms with Crippen LogP contribution >= 0.6 is 0 Å². The number of hydrogen-bond acceptors (Lipinski definition) is 7. The van der Waals surface area contributed by atoms with Gasteiger partial charge in [0.15, 0.2) is 0 Å². The molecule has 1 amide bonds. The van der Waals surface area contributed by atoms with Crippen molar-refractivity contribution in [1.82, 2.24) is 4.72 Å². The second-order valence-electron chi connectivity index (χ2n) is 4.52. The largest absolute Gasteiger partial charge is 0.506 e. The zero-order chi connectivity index (χ0) is 16.1. The summed E-state index contributed by atoms with van der Waals surface area (Å²) in [7, 11) is -2.77. The van der Waals surface area contributed by atoms with Gasteiger partial charge in [0.05, 0.1) is 12.8 Å². The Hall–Kier alpha value is -2.75. The minimum absolute atomic E-state index is 0.0583. The van der Waals surface area contributed by atoms with Crippen molar-refractivity contribution in [2.45, 2.75) is 0 Å². The first-order valence-electron chi connectivity index (χ1n) is 6.00. The maximum absolute atomic E-state index is 11.8. The van der Waals surface area contributed by atoms with Gasteiger partial charge >= 0.3 is 15.8 Å². The number of anilines is 1. The number of carbonyl (C=O) groups is 1. The molecule has 0 unspecified atom stereocenters. The van der Waals surface area contributed by atoms with E-state index in [0.717, 1.165) is 10.4 Å². The normalized spacial score (nSPS) is 16.8. The molecule has 1 saturated heterocycles.